The summed E-state index contributed by atoms with van der Waals surface area (Å²) in [6.45, 7) is 7.61. The van der Waals surface area contributed by atoms with Crippen LogP contribution in [0.4, 0.5) is 0 Å². The fourth-order valence-electron chi connectivity index (χ4n) is 5.08. The number of fused-ring (bicyclic) bond motifs is 1. The smallest absolute Gasteiger partial charge is 0.275 e. The van der Waals surface area contributed by atoms with Crippen LogP contribution in [0.5, 0.6) is 0 Å². The first-order chi connectivity index (χ1) is 17.6. The van der Waals surface area contributed by atoms with Crippen LogP contribution >= 0.6 is 0 Å². The number of ether oxygens (including phenoxy) is 1. The number of carbonyl (C=O) groups is 4. The summed E-state index contributed by atoms with van der Waals surface area (Å²) in [6, 6.07) is -0.0519. The number of methoxy groups -OCH3 is 1. The molecular formula is C26H42N6O5. The van der Waals surface area contributed by atoms with Crippen molar-refractivity contribution in [2.75, 3.05) is 53.0 Å². The standard InChI is InChI=1S/C26H42N6O5/c1-18(2)8-12-32-20-6-7-22-21(16-20)25(28-29(22)4)26(36)31(14-15-37-5)17-23(34)27-10-13-30(19(3)33)11-9-24(32)35/h18,20H,6-17H2,1-5H3,(H,27,34). The van der Waals surface area contributed by atoms with Crippen molar-refractivity contribution < 1.29 is 23.9 Å². The molecule has 3 rings (SSSR count). The number of nitrogens with one attached hydrogen (secondary N) is 1. The first-order valence-corrected chi connectivity index (χ1v) is 13.3. The van der Waals surface area contributed by atoms with Crippen molar-refractivity contribution in [1.29, 1.82) is 0 Å². The third-order valence-electron chi connectivity index (χ3n) is 7.27. The van der Waals surface area contributed by atoms with Crippen molar-refractivity contribution in [3.05, 3.63) is 17.0 Å². The fourth-order valence-corrected chi connectivity index (χ4v) is 5.08. The second-order valence-electron chi connectivity index (χ2n) is 10.4. The molecule has 0 fully saturated rings. The highest BCUT2D eigenvalue weighted by Crippen LogP contribution is 2.29. The Hall–Kier alpha value is -2.95. The molecule has 2 heterocycles. The lowest BCUT2D eigenvalue weighted by Crippen LogP contribution is -2.48. The molecule has 2 bridgehead atoms. The second-order valence-corrected chi connectivity index (χ2v) is 10.4. The third-order valence-corrected chi connectivity index (χ3v) is 7.27. The maximum absolute atomic E-state index is 13.7. The van der Waals surface area contributed by atoms with E-state index in [4.69, 9.17) is 4.74 Å². The number of aryl methyl sites for hydroxylation is 1. The minimum absolute atomic E-state index is 0.00923. The summed E-state index contributed by atoms with van der Waals surface area (Å²) in [4.78, 5) is 57.1. The van der Waals surface area contributed by atoms with Crippen LogP contribution in [-0.2, 0) is 39.0 Å². The van der Waals surface area contributed by atoms with E-state index in [0.29, 0.717) is 44.1 Å². The first kappa shape index (κ1) is 28.6. The van der Waals surface area contributed by atoms with Crippen LogP contribution in [0, 0.1) is 5.92 Å². The van der Waals surface area contributed by atoms with Gasteiger partial charge in [0.05, 0.1) is 13.2 Å². The van der Waals surface area contributed by atoms with Crippen molar-refractivity contribution >= 4 is 23.6 Å². The second kappa shape index (κ2) is 13.0. The van der Waals surface area contributed by atoms with Gasteiger partial charge in [0.2, 0.25) is 17.7 Å². The average Bonchev–Trinajstić information content (AvgIpc) is 3.18. The highest BCUT2D eigenvalue weighted by Gasteiger charge is 2.34. The van der Waals surface area contributed by atoms with Gasteiger partial charge >= 0.3 is 0 Å². The molecule has 2 aliphatic rings. The minimum atomic E-state index is -0.321. The topological polar surface area (TPSA) is 117 Å². The number of amides is 4. The van der Waals surface area contributed by atoms with E-state index in [1.165, 1.54) is 11.8 Å². The van der Waals surface area contributed by atoms with Crippen LogP contribution < -0.4 is 5.32 Å². The minimum Gasteiger partial charge on any atom is -0.383 e. The molecule has 4 amide bonds. The molecule has 1 atom stereocenters. The Balaban J connectivity index is 1.98. The maximum Gasteiger partial charge on any atom is 0.275 e. The molecule has 1 aromatic heterocycles. The van der Waals surface area contributed by atoms with Gasteiger partial charge in [0.25, 0.3) is 5.91 Å². The lowest BCUT2D eigenvalue weighted by molar-refractivity contribution is -0.136. The van der Waals surface area contributed by atoms with Gasteiger partial charge < -0.3 is 24.8 Å². The Kier molecular flexibility index (Phi) is 10.1. The van der Waals surface area contributed by atoms with Crippen molar-refractivity contribution in [2.45, 2.75) is 58.9 Å². The number of carbonyl (C=O) groups excluding carboxylic acids is 4. The lowest BCUT2D eigenvalue weighted by atomic mass is 9.89. The molecule has 1 aliphatic carbocycles. The molecular weight excluding hydrogens is 476 g/mol. The molecule has 1 unspecified atom stereocenters. The van der Waals surface area contributed by atoms with Crippen molar-refractivity contribution in [3.8, 4) is 0 Å². The van der Waals surface area contributed by atoms with E-state index in [2.05, 4.69) is 24.3 Å². The molecule has 0 spiro atoms. The zero-order valence-corrected chi connectivity index (χ0v) is 22.9. The number of aromatic nitrogens is 2. The Morgan fingerprint density at radius 3 is 2.59 bits per heavy atom. The predicted octanol–water partition coefficient (Wildman–Crippen LogP) is 0.609. The summed E-state index contributed by atoms with van der Waals surface area (Å²) in [5.41, 5.74) is 2.19. The van der Waals surface area contributed by atoms with Crippen LogP contribution in [0.2, 0.25) is 0 Å². The van der Waals surface area contributed by atoms with E-state index in [0.717, 1.165) is 24.1 Å². The molecule has 11 heteroatoms. The molecule has 11 nitrogen and oxygen atoms in total. The van der Waals surface area contributed by atoms with Crippen LogP contribution in [0.15, 0.2) is 0 Å². The highest BCUT2D eigenvalue weighted by atomic mass is 16.5. The zero-order chi connectivity index (χ0) is 27.1. The quantitative estimate of drug-likeness (QED) is 0.590. The monoisotopic (exact) mass is 518 g/mol. The lowest BCUT2D eigenvalue weighted by Gasteiger charge is -2.36. The van der Waals surface area contributed by atoms with Gasteiger partial charge in [0, 0.05) is 77.5 Å². The van der Waals surface area contributed by atoms with Crippen LogP contribution in [0.25, 0.3) is 0 Å². The largest absolute Gasteiger partial charge is 0.383 e. The summed E-state index contributed by atoms with van der Waals surface area (Å²) in [7, 11) is 3.39. The SMILES string of the molecule is COCCN1CC(=O)NCCN(C(C)=O)CCC(=O)N(CCC(C)C)C2CCc3c(c(nn3C)C1=O)C2. The van der Waals surface area contributed by atoms with Gasteiger partial charge in [-0.2, -0.15) is 5.10 Å². The molecule has 1 N–H and O–H groups in total. The fraction of sp³-hybridized carbons (Fsp3) is 0.731. The summed E-state index contributed by atoms with van der Waals surface area (Å²) in [5.74, 6) is -0.332. The number of hydrogen-bond acceptors (Lipinski definition) is 6. The van der Waals surface area contributed by atoms with Gasteiger partial charge in [-0.3, -0.25) is 23.9 Å². The Labute approximate surface area is 219 Å². The van der Waals surface area contributed by atoms with Crippen molar-refractivity contribution in [2.24, 2.45) is 13.0 Å². The normalized spacial score (nSPS) is 20.0. The van der Waals surface area contributed by atoms with Gasteiger partial charge in [-0.15, -0.1) is 0 Å². The van der Waals surface area contributed by atoms with Crippen LogP contribution in [-0.4, -0.2) is 107 Å². The van der Waals surface area contributed by atoms with E-state index in [-0.39, 0.29) is 62.3 Å². The highest BCUT2D eigenvalue weighted by molar-refractivity contribution is 5.96. The van der Waals surface area contributed by atoms with Gasteiger partial charge in [-0.25, -0.2) is 0 Å². The molecule has 0 radical (unpaired) electrons. The van der Waals surface area contributed by atoms with Crippen LogP contribution in [0.3, 0.4) is 0 Å². The average molecular weight is 519 g/mol. The van der Waals surface area contributed by atoms with Gasteiger partial charge in [-0.1, -0.05) is 13.8 Å². The number of rotatable bonds is 6. The van der Waals surface area contributed by atoms with Crippen molar-refractivity contribution in [3.63, 3.8) is 0 Å². The summed E-state index contributed by atoms with van der Waals surface area (Å²) in [6.07, 6.45) is 3.13. The Morgan fingerprint density at radius 2 is 1.92 bits per heavy atom. The predicted molar refractivity (Wildman–Crippen MR) is 138 cm³/mol. The maximum atomic E-state index is 13.7. The van der Waals surface area contributed by atoms with E-state index in [1.54, 1.807) is 16.7 Å². The van der Waals surface area contributed by atoms with E-state index >= 15 is 0 Å². The van der Waals surface area contributed by atoms with Crippen LogP contribution in [0.1, 0.15) is 61.8 Å². The summed E-state index contributed by atoms with van der Waals surface area (Å²) < 4.78 is 6.94. The summed E-state index contributed by atoms with van der Waals surface area (Å²) >= 11 is 0. The molecule has 1 aromatic rings. The van der Waals surface area contributed by atoms with Gasteiger partial charge in [-0.05, 0) is 31.6 Å². The first-order valence-electron chi connectivity index (χ1n) is 13.3. The van der Waals surface area contributed by atoms with E-state index in [9.17, 15) is 19.2 Å². The van der Waals surface area contributed by atoms with E-state index in [1.807, 2.05) is 11.9 Å². The molecule has 206 valence electrons. The number of nitrogens with zero attached hydrogens (tertiary/aromatic N) is 5. The van der Waals surface area contributed by atoms with Crippen molar-refractivity contribution in [1.82, 2.24) is 29.8 Å². The number of hydrogen-bond donors (Lipinski definition) is 1. The summed E-state index contributed by atoms with van der Waals surface area (Å²) in [5, 5.41) is 7.37. The molecule has 0 aromatic carbocycles. The third kappa shape index (κ3) is 7.30. The molecule has 0 saturated carbocycles. The Bertz CT molecular complexity index is 990. The van der Waals surface area contributed by atoms with Gasteiger partial charge in [0.15, 0.2) is 5.69 Å². The van der Waals surface area contributed by atoms with E-state index < -0.39 is 0 Å². The molecule has 37 heavy (non-hydrogen) atoms. The van der Waals surface area contributed by atoms with Gasteiger partial charge in [0.1, 0.15) is 0 Å². The molecule has 1 aliphatic heterocycles. The molecule has 0 saturated heterocycles. The zero-order valence-electron chi connectivity index (χ0n) is 22.9. The Morgan fingerprint density at radius 1 is 1.16 bits per heavy atom.